The Bertz CT molecular complexity index is 1080. The van der Waals surface area contributed by atoms with E-state index in [1.54, 1.807) is 18.9 Å². The summed E-state index contributed by atoms with van der Waals surface area (Å²) in [6, 6.07) is 15.1. The van der Waals surface area contributed by atoms with Crippen LogP contribution in [0.2, 0.25) is 0 Å². The van der Waals surface area contributed by atoms with Crippen molar-refractivity contribution in [3.63, 3.8) is 0 Å². The normalized spacial score (nSPS) is 15.4. The summed E-state index contributed by atoms with van der Waals surface area (Å²) in [7, 11) is 1.61. The zero-order chi connectivity index (χ0) is 23.0. The lowest BCUT2D eigenvalue weighted by molar-refractivity contribution is 0.0669. The molecule has 0 bridgehead atoms. The number of ether oxygens (including phenoxy) is 3. The molecular formula is C25H28N2O5S. The van der Waals surface area contributed by atoms with Crippen molar-refractivity contribution in [3.8, 4) is 11.5 Å². The van der Waals surface area contributed by atoms with Crippen LogP contribution in [0.5, 0.6) is 11.5 Å². The standard InChI is InChI=1S/C25H28N2O5S/c1-17-12-20(32-27-17)16-33-24-8-4-3-7-21(24)25(28)26-14-18-9-10-22(23(13-18)29-2)31-15-19-6-5-11-30-19/h3-4,7-10,12-13,19H,5-6,11,14-16H2,1-2H3,(H,26,28). The predicted molar refractivity (Wildman–Crippen MR) is 126 cm³/mol. The molecule has 3 aromatic rings. The Kier molecular flexibility index (Phi) is 7.91. The molecule has 1 atom stereocenters. The third-order valence-corrected chi connectivity index (χ3v) is 6.40. The summed E-state index contributed by atoms with van der Waals surface area (Å²) in [5.74, 6) is 2.56. The molecule has 1 fully saturated rings. The van der Waals surface area contributed by atoms with Gasteiger partial charge < -0.3 is 24.1 Å². The van der Waals surface area contributed by atoms with Crippen LogP contribution in [0.15, 0.2) is 57.9 Å². The van der Waals surface area contributed by atoms with E-state index in [1.165, 1.54) is 0 Å². The second-order valence-corrected chi connectivity index (χ2v) is 8.85. The lowest BCUT2D eigenvalue weighted by atomic mass is 10.1. The number of hydrogen-bond donors (Lipinski definition) is 1. The quantitative estimate of drug-likeness (QED) is 0.429. The molecule has 1 unspecified atom stereocenters. The molecule has 174 valence electrons. The van der Waals surface area contributed by atoms with E-state index in [0.717, 1.165) is 41.4 Å². The van der Waals surface area contributed by atoms with E-state index in [0.29, 0.717) is 36.0 Å². The largest absolute Gasteiger partial charge is 0.493 e. The third-order valence-electron chi connectivity index (χ3n) is 5.31. The molecule has 1 N–H and O–H groups in total. The highest BCUT2D eigenvalue weighted by Gasteiger charge is 2.17. The van der Waals surface area contributed by atoms with Gasteiger partial charge in [-0.2, -0.15) is 0 Å². The van der Waals surface area contributed by atoms with Crippen LogP contribution >= 0.6 is 11.8 Å². The average Bonchev–Trinajstić information content (AvgIpc) is 3.52. The monoisotopic (exact) mass is 468 g/mol. The second-order valence-electron chi connectivity index (χ2n) is 7.83. The third kappa shape index (κ3) is 6.30. The summed E-state index contributed by atoms with van der Waals surface area (Å²) >= 11 is 1.55. The van der Waals surface area contributed by atoms with Crippen LogP contribution in [0, 0.1) is 6.92 Å². The summed E-state index contributed by atoms with van der Waals surface area (Å²) in [4.78, 5) is 13.8. The molecule has 1 saturated heterocycles. The molecule has 0 spiro atoms. The first kappa shape index (κ1) is 23.2. The van der Waals surface area contributed by atoms with E-state index in [1.807, 2.05) is 55.5 Å². The molecular weight excluding hydrogens is 440 g/mol. The molecule has 1 amide bonds. The van der Waals surface area contributed by atoms with Crippen LogP contribution in [0.25, 0.3) is 0 Å². The Balaban J connectivity index is 1.35. The van der Waals surface area contributed by atoms with E-state index >= 15 is 0 Å². The summed E-state index contributed by atoms with van der Waals surface area (Å²) in [6.07, 6.45) is 2.23. The lowest BCUT2D eigenvalue weighted by Gasteiger charge is -2.15. The van der Waals surface area contributed by atoms with Gasteiger partial charge in [0.25, 0.3) is 5.91 Å². The molecule has 4 rings (SSSR count). The fraction of sp³-hybridized carbons (Fsp3) is 0.360. The van der Waals surface area contributed by atoms with Crippen molar-refractivity contribution in [2.45, 2.75) is 43.1 Å². The number of benzene rings is 2. The number of hydrogen-bond acceptors (Lipinski definition) is 7. The summed E-state index contributed by atoms with van der Waals surface area (Å²) in [5, 5.41) is 6.91. The number of aromatic nitrogens is 1. The van der Waals surface area contributed by atoms with Gasteiger partial charge in [-0.25, -0.2) is 0 Å². The molecule has 0 aliphatic carbocycles. The van der Waals surface area contributed by atoms with Crippen molar-refractivity contribution in [3.05, 3.63) is 71.1 Å². The van der Waals surface area contributed by atoms with Gasteiger partial charge in [0.1, 0.15) is 12.4 Å². The second kappa shape index (κ2) is 11.2. The average molecular weight is 469 g/mol. The van der Waals surface area contributed by atoms with Crippen LogP contribution in [0.4, 0.5) is 0 Å². The topological polar surface area (TPSA) is 82.8 Å². The molecule has 33 heavy (non-hydrogen) atoms. The molecule has 2 heterocycles. The minimum Gasteiger partial charge on any atom is -0.493 e. The van der Waals surface area contributed by atoms with Crippen LogP contribution < -0.4 is 14.8 Å². The maximum absolute atomic E-state index is 12.9. The number of carbonyl (C=O) groups excluding carboxylic acids is 1. The van der Waals surface area contributed by atoms with E-state index in [9.17, 15) is 4.79 Å². The van der Waals surface area contributed by atoms with Crippen molar-refractivity contribution >= 4 is 17.7 Å². The van der Waals surface area contributed by atoms with Crippen molar-refractivity contribution in [1.29, 1.82) is 0 Å². The molecule has 1 aliphatic heterocycles. The van der Waals surface area contributed by atoms with E-state index in [2.05, 4.69) is 10.5 Å². The highest BCUT2D eigenvalue weighted by atomic mass is 32.2. The zero-order valence-corrected chi connectivity index (χ0v) is 19.7. The van der Waals surface area contributed by atoms with E-state index < -0.39 is 0 Å². The van der Waals surface area contributed by atoms with Gasteiger partial charge in [0.15, 0.2) is 11.5 Å². The minimum absolute atomic E-state index is 0.135. The van der Waals surface area contributed by atoms with Gasteiger partial charge in [0.05, 0.1) is 30.2 Å². The Morgan fingerprint density at radius 1 is 1.21 bits per heavy atom. The number of carbonyl (C=O) groups is 1. The van der Waals surface area contributed by atoms with Gasteiger partial charge in [0, 0.05) is 24.1 Å². The van der Waals surface area contributed by atoms with Gasteiger partial charge in [-0.1, -0.05) is 23.4 Å². The lowest BCUT2D eigenvalue weighted by Crippen LogP contribution is -2.23. The Hall–Kier alpha value is -2.97. The summed E-state index contributed by atoms with van der Waals surface area (Å²) in [5.41, 5.74) is 2.39. The number of thioether (sulfide) groups is 1. The molecule has 7 nitrogen and oxygen atoms in total. The molecule has 2 aromatic carbocycles. The summed E-state index contributed by atoms with van der Waals surface area (Å²) < 4.78 is 22.3. The van der Waals surface area contributed by atoms with Gasteiger partial charge in [-0.05, 0) is 49.6 Å². The van der Waals surface area contributed by atoms with Crippen molar-refractivity contribution < 1.29 is 23.5 Å². The van der Waals surface area contributed by atoms with Crippen LogP contribution in [-0.2, 0) is 17.0 Å². The molecule has 0 saturated carbocycles. The fourth-order valence-electron chi connectivity index (χ4n) is 3.59. The van der Waals surface area contributed by atoms with Gasteiger partial charge in [-0.15, -0.1) is 11.8 Å². The number of nitrogens with one attached hydrogen (secondary N) is 1. The van der Waals surface area contributed by atoms with Crippen molar-refractivity contribution in [2.75, 3.05) is 20.3 Å². The first-order chi connectivity index (χ1) is 16.1. The van der Waals surface area contributed by atoms with Crippen LogP contribution in [0.1, 0.15) is 40.2 Å². The number of aryl methyl sites for hydroxylation is 1. The van der Waals surface area contributed by atoms with Crippen molar-refractivity contribution in [1.82, 2.24) is 10.5 Å². The van der Waals surface area contributed by atoms with Gasteiger partial charge in [-0.3, -0.25) is 4.79 Å². The minimum atomic E-state index is -0.135. The van der Waals surface area contributed by atoms with Gasteiger partial charge >= 0.3 is 0 Å². The number of methoxy groups -OCH3 is 1. The van der Waals surface area contributed by atoms with Crippen molar-refractivity contribution in [2.24, 2.45) is 0 Å². The molecule has 1 aromatic heterocycles. The maximum atomic E-state index is 12.9. The highest BCUT2D eigenvalue weighted by molar-refractivity contribution is 7.98. The Morgan fingerprint density at radius 3 is 2.85 bits per heavy atom. The Morgan fingerprint density at radius 2 is 2.09 bits per heavy atom. The number of amides is 1. The smallest absolute Gasteiger partial charge is 0.252 e. The molecule has 8 heteroatoms. The molecule has 0 radical (unpaired) electrons. The van der Waals surface area contributed by atoms with Gasteiger partial charge in [0.2, 0.25) is 0 Å². The predicted octanol–water partition coefficient (Wildman–Crippen LogP) is 4.77. The maximum Gasteiger partial charge on any atom is 0.252 e. The number of nitrogens with zero attached hydrogens (tertiary/aromatic N) is 1. The van der Waals surface area contributed by atoms with Crippen LogP contribution in [0.3, 0.4) is 0 Å². The first-order valence-corrected chi connectivity index (χ1v) is 11.9. The first-order valence-electron chi connectivity index (χ1n) is 11.0. The number of rotatable bonds is 10. The van der Waals surface area contributed by atoms with E-state index in [4.69, 9.17) is 18.7 Å². The Labute approximate surface area is 197 Å². The zero-order valence-electron chi connectivity index (χ0n) is 18.8. The SMILES string of the molecule is COc1cc(CNC(=O)c2ccccc2SCc2cc(C)no2)ccc1OCC1CCCO1. The molecule has 1 aliphatic rings. The summed E-state index contributed by atoms with van der Waals surface area (Å²) in [6.45, 7) is 3.57. The highest BCUT2D eigenvalue weighted by Crippen LogP contribution is 2.30. The van der Waals surface area contributed by atoms with Crippen LogP contribution in [-0.4, -0.2) is 37.5 Å². The van der Waals surface area contributed by atoms with E-state index in [-0.39, 0.29) is 12.0 Å². The fourth-order valence-corrected chi connectivity index (χ4v) is 4.52.